The summed E-state index contributed by atoms with van der Waals surface area (Å²) in [5.41, 5.74) is 2.52. The average molecular weight is 552 g/mol. The number of benzene rings is 3. The van der Waals surface area contributed by atoms with Crippen molar-refractivity contribution < 1.29 is 22.7 Å². The summed E-state index contributed by atoms with van der Waals surface area (Å²) in [4.78, 5) is 15.6. The maximum Gasteiger partial charge on any atom is 0.264 e. The molecule has 3 aromatic carbocycles. The number of hydrogen-bond donors (Lipinski definition) is 1. The SMILES string of the molecule is COc1ccc(S(=O)(=O)N(CC(=O)NC(C)c2ccc(N3CCCC(C)C3)cc2)c2ccccc2)cc1OC. The average Bonchev–Trinajstić information content (AvgIpc) is 2.96. The molecule has 208 valence electrons. The number of para-hydroxylation sites is 1. The van der Waals surface area contributed by atoms with Crippen LogP contribution in [0.25, 0.3) is 0 Å². The smallest absolute Gasteiger partial charge is 0.264 e. The minimum absolute atomic E-state index is 0.00697. The van der Waals surface area contributed by atoms with Crippen LogP contribution < -0.4 is 24.0 Å². The third kappa shape index (κ3) is 6.65. The van der Waals surface area contributed by atoms with E-state index in [2.05, 4.69) is 29.3 Å². The molecule has 1 fully saturated rings. The monoisotopic (exact) mass is 551 g/mol. The summed E-state index contributed by atoms with van der Waals surface area (Å²) in [5.74, 6) is 0.964. The van der Waals surface area contributed by atoms with Crippen LogP contribution in [0.3, 0.4) is 0 Å². The third-order valence-electron chi connectivity index (χ3n) is 7.07. The zero-order valence-corrected chi connectivity index (χ0v) is 23.8. The number of anilines is 2. The molecule has 0 radical (unpaired) electrons. The van der Waals surface area contributed by atoms with E-state index in [-0.39, 0.29) is 23.2 Å². The molecule has 9 heteroatoms. The second kappa shape index (κ2) is 12.4. The number of hydrogen-bond acceptors (Lipinski definition) is 6. The van der Waals surface area contributed by atoms with Gasteiger partial charge in [-0.2, -0.15) is 0 Å². The first kappa shape index (κ1) is 28.3. The number of methoxy groups -OCH3 is 2. The number of sulfonamides is 1. The molecule has 0 saturated carbocycles. The van der Waals surface area contributed by atoms with Gasteiger partial charge in [-0.1, -0.05) is 37.3 Å². The fourth-order valence-electron chi connectivity index (χ4n) is 4.91. The predicted molar refractivity (Wildman–Crippen MR) is 154 cm³/mol. The van der Waals surface area contributed by atoms with Gasteiger partial charge in [0.25, 0.3) is 10.0 Å². The van der Waals surface area contributed by atoms with Gasteiger partial charge in [-0.05, 0) is 67.6 Å². The van der Waals surface area contributed by atoms with Crippen LogP contribution in [-0.2, 0) is 14.8 Å². The van der Waals surface area contributed by atoms with Gasteiger partial charge in [-0.15, -0.1) is 0 Å². The zero-order valence-electron chi connectivity index (χ0n) is 23.0. The molecule has 1 aliphatic rings. The van der Waals surface area contributed by atoms with Crippen molar-refractivity contribution in [1.82, 2.24) is 5.32 Å². The van der Waals surface area contributed by atoms with E-state index in [0.29, 0.717) is 17.4 Å². The first-order valence-corrected chi connectivity index (χ1v) is 14.6. The van der Waals surface area contributed by atoms with Gasteiger partial charge in [-0.25, -0.2) is 8.42 Å². The zero-order chi connectivity index (χ0) is 28.0. The van der Waals surface area contributed by atoms with E-state index >= 15 is 0 Å². The fraction of sp³-hybridized carbons (Fsp3) is 0.367. The summed E-state index contributed by atoms with van der Waals surface area (Å²) in [5, 5.41) is 2.96. The highest BCUT2D eigenvalue weighted by molar-refractivity contribution is 7.92. The maximum atomic E-state index is 13.7. The molecule has 1 heterocycles. The molecular formula is C30H37N3O5S. The minimum Gasteiger partial charge on any atom is -0.493 e. The van der Waals surface area contributed by atoms with Crippen molar-refractivity contribution in [3.8, 4) is 11.5 Å². The molecule has 8 nitrogen and oxygen atoms in total. The Morgan fingerprint density at radius 2 is 1.72 bits per heavy atom. The molecular weight excluding hydrogens is 514 g/mol. The maximum absolute atomic E-state index is 13.7. The van der Waals surface area contributed by atoms with Crippen LogP contribution in [0, 0.1) is 5.92 Å². The van der Waals surface area contributed by atoms with Gasteiger partial charge in [0.1, 0.15) is 6.54 Å². The number of nitrogens with zero attached hydrogens (tertiary/aromatic N) is 2. The second-order valence-corrected chi connectivity index (χ2v) is 11.8. The van der Waals surface area contributed by atoms with Crippen LogP contribution in [0.1, 0.15) is 38.3 Å². The van der Waals surface area contributed by atoms with E-state index in [1.807, 2.05) is 19.1 Å². The first-order valence-electron chi connectivity index (χ1n) is 13.2. The molecule has 1 saturated heterocycles. The van der Waals surface area contributed by atoms with Crippen LogP contribution >= 0.6 is 0 Å². The summed E-state index contributed by atoms with van der Waals surface area (Å²) in [6.45, 7) is 5.90. The van der Waals surface area contributed by atoms with Crippen molar-refractivity contribution in [1.29, 1.82) is 0 Å². The Morgan fingerprint density at radius 3 is 2.36 bits per heavy atom. The molecule has 0 aromatic heterocycles. The third-order valence-corrected chi connectivity index (χ3v) is 8.84. The minimum atomic E-state index is -4.10. The van der Waals surface area contributed by atoms with Crippen LogP contribution in [-0.4, -0.2) is 48.2 Å². The highest BCUT2D eigenvalue weighted by Gasteiger charge is 2.29. The molecule has 39 heavy (non-hydrogen) atoms. The number of piperidine rings is 1. The van der Waals surface area contributed by atoms with E-state index in [0.717, 1.165) is 23.0 Å². The fourth-order valence-corrected chi connectivity index (χ4v) is 6.35. The predicted octanol–water partition coefficient (Wildman–Crippen LogP) is 5.01. The quantitative estimate of drug-likeness (QED) is 0.381. The van der Waals surface area contributed by atoms with E-state index in [1.54, 1.807) is 30.3 Å². The van der Waals surface area contributed by atoms with Crippen molar-refractivity contribution >= 4 is 27.3 Å². The summed E-state index contributed by atoms with van der Waals surface area (Å²) in [6.07, 6.45) is 2.46. The lowest BCUT2D eigenvalue weighted by Gasteiger charge is -2.33. The van der Waals surface area contributed by atoms with E-state index in [4.69, 9.17) is 9.47 Å². The van der Waals surface area contributed by atoms with E-state index in [9.17, 15) is 13.2 Å². The molecule has 2 atom stereocenters. The number of amides is 1. The van der Waals surface area contributed by atoms with Gasteiger partial charge in [-0.3, -0.25) is 9.10 Å². The molecule has 0 bridgehead atoms. The van der Waals surface area contributed by atoms with Gasteiger partial charge in [0.05, 0.1) is 30.8 Å². The van der Waals surface area contributed by atoms with Gasteiger partial charge in [0, 0.05) is 24.8 Å². The van der Waals surface area contributed by atoms with E-state index in [1.165, 1.54) is 50.9 Å². The summed E-state index contributed by atoms with van der Waals surface area (Å²) >= 11 is 0. The molecule has 0 aliphatic carbocycles. The Balaban J connectivity index is 1.51. The first-order chi connectivity index (χ1) is 18.7. The van der Waals surface area contributed by atoms with E-state index < -0.39 is 15.9 Å². The number of ether oxygens (including phenoxy) is 2. The normalized spacial score (nSPS) is 16.3. The molecule has 2 unspecified atom stereocenters. The Hall–Kier alpha value is -3.72. The number of carbonyl (C=O) groups excluding carboxylic acids is 1. The molecule has 3 aromatic rings. The number of rotatable bonds is 10. The Kier molecular flexibility index (Phi) is 9.01. The number of nitrogens with one attached hydrogen (secondary N) is 1. The van der Waals surface area contributed by atoms with Gasteiger partial charge >= 0.3 is 0 Å². The van der Waals surface area contributed by atoms with Gasteiger partial charge in [0.2, 0.25) is 5.91 Å². The largest absolute Gasteiger partial charge is 0.493 e. The van der Waals surface area contributed by atoms with Crippen molar-refractivity contribution in [2.45, 2.75) is 37.6 Å². The van der Waals surface area contributed by atoms with Crippen LogP contribution in [0.5, 0.6) is 11.5 Å². The van der Waals surface area contributed by atoms with Gasteiger partial charge < -0.3 is 19.7 Å². The van der Waals surface area contributed by atoms with Crippen molar-refractivity contribution in [3.63, 3.8) is 0 Å². The van der Waals surface area contributed by atoms with Crippen molar-refractivity contribution in [3.05, 3.63) is 78.4 Å². The summed E-state index contributed by atoms with van der Waals surface area (Å²) < 4.78 is 39.2. The molecule has 1 N–H and O–H groups in total. The molecule has 4 rings (SSSR count). The Labute approximate surface area is 231 Å². The highest BCUT2D eigenvalue weighted by Crippen LogP contribution is 2.32. The molecule has 1 amide bonds. The standard InChI is InChI=1S/C30H37N3O5S/c1-22-9-8-18-32(20-22)25-14-12-24(13-15-25)23(2)31-30(34)21-33(26-10-6-5-7-11-26)39(35,36)27-16-17-28(37-3)29(19-27)38-4/h5-7,10-17,19,22-23H,8-9,18,20-21H2,1-4H3,(H,31,34). The lowest BCUT2D eigenvalue weighted by Crippen LogP contribution is -2.41. The summed E-state index contributed by atoms with van der Waals surface area (Å²) in [7, 11) is -1.17. The van der Waals surface area contributed by atoms with Crippen molar-refractivity contribution in [2.24, 2.45) is 5.92 Å². The highest BCUT2D eigenvalue weighted by atomic mass is 32.2. The van der Waals surface area contributed by atoms with Crippen molar-refractivity contribution in [2.75, 3.05) is 43.1 Å². The number of carbonyl (C=O) groups is 1. The Bertz CT molecular complexity index is 1360. The van der Waals surface area contributed by atoms with Gasteiger partial charge in [0.15, 0.2) is 11.5 Å². The van der Waals surface area contributed by atoms with Crippen LogP contribution in [0.15, 0.2) is 77.7 Å². The topological polar surface area (TPSA) is 88.2 Å². The summed E-state index contributed by atoms with van der Waals surface area (Å²) in [6, 6.07) is 20.9. The second-order valence-electron chi connectivity index (χ2n) is 9.94. The lowest BCUT2D eigenvalue weighted by molar-refractivity contribution is -0.120. The molecule has 0 spiro atoms. The van der Waals surface area contributed by atoms with Crippen LogP contribution in [0.2, 0.25) is 0 Å². The lowest BCUT2D eigenvalue weighted by atomic mass is 9.99. The molecule has 1 aliphatic heterocycles. The Morgan fingerprint density at radius 1 is 1.03 bits per heavy atom. The van der Waals surface area contributed by atoms with Crippen LogP contribution in [0.4, 0.5) is 11.4 Å².